The minimum atomic E-state index is 0.149. The Hall–Kier alpha value is -3.69. The summed E-state index contributed by atoms with van der Waals surface area (Å²) in [5, 5.41) is 0. The predicted molar refractivity (Wildman–Crippen MR) is 155 cm³/mol. The molecule has 4 aromatic rings. The van der Waals surface area contributed by atoms with Crippen LogP contribution in [0.5, 0.6) is 0 Å². The first kappa shape index (κ1) is 24.6. The maximum atomic E-state index is 14.0. The maximum absolute atomic E-state index is 14.0. The van der Waals surface area contributed by atoms with Gasteiger partial charge in [-0.15, -0.1) is 0 Å². The molecule has 192 valence electrons. The van der Waals surface area contributed by atoms with Crippen LogP contribution in [0.15, 0.2) is 115 Å². The highest BCUT2D eigenvalue weighted by Gasteiger charge is 2.38. The summed E-state index contributed by atoms with van der Waals surface area (Å²) in [6.45, 7) is 4.88. The summed E-state index contributed by atoms with van der Waals surface area (Å²) in [4.78, 5) is 18.7. The van der Waals surface area contributed by atoms with E-state index in [1.54, 1.807) is 0 Å². The van der Waals surface area contributed by atoms with Crippen molar-refractivity contribution in [1.82, 2.24) is 9.80 Å². The lowest BCUT2D eigenvalue weighted by atomic mass is 9.86. The van der Waals surface area contributed by atoms with Gasteiger partial charge in [0.15, 0.2) is 0 Å². The summed E-state index contributed by atoms with van der Waals surface area (Å²) >= 11 is 0. The third-order valence-corrected chi connectivity index (χ3v) is 8.55. The Morgan fingerprint density at radius 1 is 0.658 bits per heavy atom. The molecular formula is C35H36N2O. The number of likely N-dealkylation sites (tertiary alicyclic amines) is 2. The summed E-state index contributed by atoms with van der Waals surface area (Å²) < 4.78 is 0. The molecule has 2 aliphatic rings. The van der Waals surface area contributed by atoms with E-state index in [2.05, 4.69) is 88.7 Å². The zero-order valence-electron chi connectivity index (χ0n) is 22.0. The van der Waals surface area contributed by atoms with Crippen molar-refractivity contribution in [2.45, 2.75) is 24.7 Å². The summed E-state index contributed by atoms with van der Waals surface area (Å²) in [6.07, 6.45) is 2.42. The molecule has 0 saturated carbocycles. The standard InChI is InChI=1S/C35H36N2O/c38-35(33-19-11-10-18-32(33)29-14-6-2-7-15-29)37-25-31(34(26-37)30-16-8-3-9-17-30)24-36-22-20-28(21-23-36)27-12-4-1-5-13-27/h1-19,28,31,34H,20-26H2. The third kappa shape index (κ3) is 5.30. The molecule has 0 bridgehead atoms. The first-order chi connectivity index (χ1) is 18.8. The van der Waals surface area contributed by atoms with E-state index in [4.69, 9.17) is 0 Å². The summed E-state index contributed by atoms with van der Waals surface area (Å²) in [6, 6.07) is 40.1. The van der Waals surface area contributed by atoms with Gasteiger partial charge in [-0.1, -0.05) is 109 Å². The average molecular weight is 501 g/mol. The van der Waals surface area contributed by atoms with Crippen LogP contribution in [0.4, 0.5) is 0 Å². The van der Waals surface area contributed by atoms with E-state index in [0.717, 1.165) is 49.4 Å². The highest BCUT2D eigenvalue weighted by atomic mass is 16.2. The van der Waals surface area contributed by atoms with Crippen molar-refractivity contribution in [2.24, 2.45) is 5.92 Å². The summed E-state index contributed by atoms with van der Waals surface area (Å²) in [5.41, 5.74) is 5.73. The molecule has 0 N–H and O–H groups in total. The molecule has 1 amide bonds. The van der Waals surface area contributed by atoms with Crippen molar-refractivity contribution < 1.29 is 4.79 Å². The monoisotopic (exact) mass is 500 g/mol. The maximum Gasteiger partial charge on any atom is 0.254 e. The van der Waals surface area contributed by atoms with Gasteiger partial charge < -0.3 is 9.80 Å². The Morgan fingerprint density at radius 2 is 1.24 bits per heavy atom. The molecule has 3 nitrogen and oxygen atoms in total. The minimum absolute atomic E-state index is 0.149. The molecule has 2 heterocycles. The van der Waals surface area contributed by atoms with Gasteiger partial charge in [-0.3, -0.25) is 4.79 Å². The Morgan fingerprint density at radius 3 is 1.92 bits per heavy atom. The van der Waals surface area contributed by atoms with Crippen LogP contribution < -0.4 is 0 Å². The topological polar surface area (TPSA) is 23.6 Å². The largest absolute Gasteiger partial charge is 0.338 e. The lowest BCUT2D eigenvalue weighted by Gasteiger charge is -2.34. The van der Waals surface area contributed by atoms with Gasteiger partial charge in [0.2, 0.25) is 0 Å². The van der Waals surface area contributed by atoms with E-state index in [1.165, 1.54) is 24.0 Å². The minimum Gasteiger partial charge on any atom is -0.338 e. The molecule has 6 rings (SSSR count). The smallest absolute Gasteiger partial charge is 0.254 e. The van der Waals surface area contributed by atoms with E-state index in [0.29, 0.717) is 17.8 Å². The number of benzene rings is 4. The molecule has 4 aromatic carbocycles. The van der Waals surface area contributed by atoms with Crippen molar-refractivity contribution >= 4 is 5.91 Å². The van der Waals surface area contributed by atoms with Crippen molar-refractivity contribution in [2.75, 3.05) is 32.7 Å². The molecule has 2 atom stereocenters. The second kappa shape index (κ2) is 11.4. The summed E-state index contributed by atoms with van der Waals surface area (Å²) in [5.74, 6) is 1.60. The number of carbonyl (C=O) groups excluding carboxylic acids is 1. The normalized spacial score (nSPS) is 20.5. The van der Waals surface area contributed by atoms with Crippen LogP contribution in [-0.2, 0) is 0 Å². The Bertz CT molecular complexity index is 1330. The second-order valence-corrected chi connectivity index (χ2v) is 10.9. The Kier molecular flexibility index (Phi) is 7.37. The fraction of sp³-hybridized carbons (Fsp3) is 0.286. The number of hydrogen-bond donors (Lipinski definition) is 0. The van der Waals surface area contributed by atoms with Gasteiger partial charge in [-0.2, -0.15) is 0 Å². The van der Waals surface area contributed by atoms with Gasteiger partial charge in [0.1, 0.15) is 0 Å². The molecule has 2 saturated heterocycles. The number of carbonyl (C=O) groups is 1. The van der Waals surface area contributed by atoms with Gasteiger partial charge in [0.25, 0.3) is 5.91 Å². The number of nitrogens with zero attached hydrogens (tertiary/aromatic N) is 2. The van der Waals surface area contributed by atoms with Crippen molar-refractivity contribution in [3.63, 3.8) is 0 Å². The third-order valence-electron chi connectivity index (χ3n) is 8.55. The second-order valence-electron chi connectivity index (χ2n) is 10.9. The highest BCUT2D eigenvalue weighted by Crippen LogP contribution is 2.36. The molecule has 2 aliphatic heterocycles. The van der Waals surface area contributed by atoms with E-state index in [-0.39, 0.29) is 5.91 Å². The quantitative estimate of drug-likeness (QED) is 0.282. The molecule has 2 unspecified atom stereocenters. The molecule has 3 heteroatoms. The fourth-order valence-electron chi connectivity index (χ4n) is 6.52. The summed E-state index contributed by atoms with van der Waals surface area (Å²) in [7, 11) is 0. The van der Waals surface area contributed by atoms with Gasteiger partial charge in [0.05, 0.1) is 0 Å². The van der Waals surface area contributed by atoms with Crippen LogP contribution in [0.25, 0.3) is 11.1 Å². The first-order valence-corrected chi connectivity index (χ1v) is 14.0. The lowest BCUT2D eigenvalue weighted by molar-refractivity contribution is 0.0782. The van der Waals surface area contributed by atoms with E-state index < -0.39 is 0 Å². The molecule has 0 aromatic heterocycles. The fourth-order valence-corrected chi connectivity index (χ4v) is 6.52. The number of rotatable bonds is 6. The lowest BCUT2D eigenvalue weighted by Crippen LogP contribution is -2.38. The van der Waals surface area contributed by atoms with Crippen molar-refractivity contribution in [3.8, 4) is 11.1 Å². The van der Waals surface area contributed by atoms with Crippen LogP contribution in [0.3, 0.4) is 0 Å². The van der Waals surface area contributed by atoms with Crippen LogP contribution >= 0.6 is 0 Å². The van der Waals surface area contributed by atoms with Gasteiger partial charge >= 0.3 is 0 Å². The molecule has 0 aliphatic carbocycles. The number of hydrogen-bond acceptors (Lipinski definition) is 2. The van der Waals surface area contributed by atoms with E-state index >= 15 is 0 Å². The van der Waals surface area contributed by atoms with E-state index in [1.807, 2.05) is 36.4 Å². The molecule has 38 heavy (non-hydrogen) atoms. The van der Waals surface area contributed by atoms with Crippen LogP contribution in [0.2, 0.25) is 0 Å². The SMILES string of the molecule is O=C(c1ccccc1-c1ccccc1)N1CC(CN2CCC(c3ccccc3)CC2)C(c2ccccc2)C1. The average Bonchev–Trinajstić information content (AvgIpc) is 3.42. The van der Waals surface area contributed by atoms with E-state index in [9.17, 15) is 4.79 Å². The highest BCUT2D eigenvalue weighted by molar-refractivity contribution is 6.01. The Labute approximate surface area is 226 Å². The Balaban J connectivity index is 1.19. The van der Waals surface area contributed by atoms with Crippen LogP contribution in [-0.4, -0.2) is 48.4 Å². The van der Waals surface area contributed by atoms with Crippen molar-refractivity contribution in [3.05, 3.63) is 132 Å². The van der Waals surface area contributed by atoms with Gasteiger partial charge in [0, 0.05) is 31.1 Å². The van der Waals surface area contributed by atoms with Crippen molar-refractivity contribution in [1.29, 1.82) is 0 Å². The number of amides is 1. The molecule has 0 radical (unpaired) electrons. The van der Waals surface area contributed by atoms with Gasteiger partial charge in [-0.25, -0.2) is 0 Å². The number of piperidine rings is 1. The molecule has 0 spiro atoms. The molecular weight excluding hydrogens is 464 g/mol. The van der Waals surface area contributed by atoms with Crippen LogP contribution in [0, 0.1) is 5.92 Å². The molecule has 2 fully saturated rings. The zero-order chi connectivity index (χ0) is 25.7. The van der Waals surface area contributed by atoms with Gasteiger partial charge in [-0.05, 0) is 66.1 Å². The first-order valence-electron chi connectivity index (χ1n) is 14.0. The van der Waals surface area contributed by atoms with Crippen LogP contribution in [0.1, 0.15) is 46.2 Å². The zero-order valence-corrected chi connectivity index (χ0v) is 22.0. The predicted octanol–water partition coefficient (Wildman–Crippen LogP) is 7.09.